The lowest BCUT2D eigenvalue weighted by Gasteiger charge is -2.40. The lowest BCUT2D eigenvalue weighted by Crippen LogP contribution is -2.48. The van der Waals surface area contributed by atoms with Crippen LogP contribution in [0.15, 0.2) is 46.1 Å². The molecule has 1 aromatic carbocycles. The SMILES string of the molecule is CN1CCN(CCn2cc(C#N)c(=O)[nH]c2=O)[C@@H](c2ccccc2)C1. The lowest BCUT2D eigenvalue weighted by molar-refractivity contribution is 0.0862. The number of rotatable bonds is 4. The molecule has 3 rings (SSSR count). The molecule has 130 valence electrons. The van der Waals surface area contributed by atoms with E-state index in [4.69, 9.17) is 5.26 Å². The van der Waals surface area contributed by atoms with Crippen LogP contribution in [-0.2, 0) is 6.54 Å². The Hall–Kier alpha value is -2.69. The highest BCUT2D eigenvalue weighted by Crippen LogP contribution is 2.24. The smallest absolute Gasteiger partial charge is 0.303 e. The largest absolute Gasteiger partial charge is 0.328 e. The molecule has 1 atom stereocenters. The van der Waals surface area contributed by atoms with Crippen molar-refractivity contribution in [3.05, 3.63) is 68.5 Å². The monoisotopic (exact) mass is 339 g/mol. The zero-order valence-electron chi connectivity index (χ0n) is 14.2. The van der Waals surface area contributed by atoms with Crippen molar-refractivity contribution < 1.29 is 0 Å². The van der Waals surface area contributed by atoms with Crippen molar-refractivity contribution >= 4 is 0 Å². The molecular formula is C18H21N5O2. The van der Waals surface area contributed by atoms with Gasteiger partial charge in [0, 0.05) is 45.0 Å². The van der Waals surface area contributed by atoms with Gasteiger partial charge in [-0.05, 0) is 12.6 Å². The number of hydrogen-bond acceptors (Lipinski definition) is 5. The van der Waals surface area contributed by atoms with Gasteiger partial charge in [0.1, 0.15) is 11.6 Å². The van der Waals surface area contributed by atoms with Crippen molar-refractivity contribution in [3.63, 3.8) is 0 Å². The van der Waals surface area contributed by atoms with E-state index >= 15 is 0 Å². The Labute approximate surface area is 145 Å². The third kappa shape index (κ3) is 3.87. The zero-order valence-corrected chi connectivity index (χ0v) is 14.2. The second-order valence-electron chi connectivity index (χ2n) is 6.33. The van der Waals surface area contributed by atoms with E-state index in [2.05, 4.69) is 34.0 Å². The topological polar surface area (TPSA) is 85.1 Å². The summed E-state index contributed by atoms with van der Waals surface area (Å²) < 4.78 is 1.40. The molecule has 7 nitrogen and oxygen atoms in total. The van der Waals surface area contributed by atoms with E-state index in [1.54, 1.807) is 0 Å². The first-order valence-corrected chi connectivity index (χ1v) is 8.30. The fraction of sp³-hybridized carbons (Fsp3) is 0.389. The van der Waals surface area contributed by atoms with Gasteiger partial charge >= 0.3 is 5.69 Å². The predicted molar refractivity (Wildman–Crippen MR) is 94.3 cm³/mol. The molecular weight excluding hydrogens is 318 g/mol. The summed E-state index contributed by atoms with van der Waals surface area (Å²) in [7, 11) is 2.11. The molecule has 0 amide bonds. The summed E-state index contributed by atoms with van der Waals surface area (Å²) >= 11 is 0. The predicted octanol–water partition coefficient (Wildman–Crippen LogP) is 0.397. The Kier molecular flexibility index (Phi) is 5.12. The van der Waals surface area contributed by atoms with Crippen LogP contribution in [0.3, 0.4) is 0 Å². The first kappa shape index (κ1) is 17.1. The van der Waals surface area contributed by atoms with Gasteiger partial charge in [0.25, 0.3) is 5.56 Å². The second-order valence-corrected chi connectivity index (χ2v) is 6.33. The van der Waals surface area contributed by atoms with Gasteiger partial charge in [-0.2, -0.15) is 5.26 Å². The van der Waals surface area contributed by atoms with E-state index in [-0.39, 0.29) is 11.6 Å². The fourth-order valence-electron chi connectivity index (χ4n) is 3.21. The Morgan fingerprint density at radius 2 is 1.96 bits per heavy atom. The molecule has 1 aliphatic heterocycles. The van der Waals surface area contributed by atoms with E-state index in [1.165, 1.54) is 16.3 Å². The Bertz CT molecular complexity index is 881. The molecule has 7 heteroatoms. The van der Waals surface area contributed by atoms with Gasteiger partial charge in [-0.15, -0.1) is 0 Å². The molecule has 1 N–H and O–H groups in total. The molecule has 1 saturated heterocycles. The molecule has 25 heavy (non-hydrogen) atoms. The molecule has 0 unspecified atom stereocenters. The maximum atomic E-state index is 12.0. The van der Waals surface area contributed by atoms with Gasteiger partial charge in [-0.3, -0.25) is 19.2 Å². The van der Waals surface area contributed by atoms with E-state index in [9.17, 15) is 9.59 Å². The third-order valence-corrected chi connectivity index (χ3v) is 4.64. The number of aromatic amines is 1. The first-order valence-electron chi connectivity index (χ1n) is 8.30. The van der Waals surface area contributed by atoms with Crippen LogP contribution in [0.2, 0.25) is 0 Å². The van der Waals surface area contributed by atoms with Crippen LogP contribution in [-0.4, -0.2) is 52.6 Å². The minimum atomic E-state index is -0.634. The Balaban J connectivity index is 1.78. The maximum Gasteiger partial charge on any atom is 0.328 e. The van der Waals surface area contributed by atoms with Gasteiger partial charge in [0.05, 0.1) is 0 Å². The van der Waals surface area contributed by atoms with E-state index in [0.29, 0.717) is 13.1 Å². The fourth-order valence-corrected chi connectivity index (χ4v) is 3.21. The number of nitrogens with zero attached hydrogens (tertiary/aromatic N) is 4. The molecule has 1 aliphatic rings. The molecule has 0 bridgehead atoms. The third-order valence-electron chi connectivity index (χ3n) is 4.64. The summed E-state index contributed by atoms with van der Waals surface area (Å²) in [6.07, 6.45) is 1.34. The van der Waals surface area contributed by atoms with Crippen molar-refractivity contribution in [1.29, 1.82) is 5.26 Å². The average Bonchev–Trinajstić information content (AvgIpc) is 2.62. The van der Waals surface area contributed by atoms with Crippen LogP contribution in [0.4, 0.5) is 0 Å². The van der Waals surface area contributed by atoms with Crippen LogP contribution >= 0.6 is 0 Å². The highest BCUT2D eigenvalue weighted by Gasteiger charge is 2.26. The van der Waals surface area contributed by atoms with Crippen molar-refractivity contribution in [2.45, 2.75) is 12.6 Å². The molecule has 0 radical (unpaired) electrons. The number of hydrogen-bond donors (Lipinski definition) is 1. The summed E-state index contributed by atoms with van der Waals surface area (Å²) in [4.78, 5) is 30.3. The van der Waals surface area contributed by atoms with E-state index in [0.717, 1.165) is 19.6 Å². The highest BCUT2D eigenvalue weighted by molar-refractivity contribution is 5.22. The zero-order chi connectivity index (χ0) is 17.8. The summed E-state index contributed by atoms with van der Waals surface area (Å²) in [6, 6.07) is 12.4. The minimum Gasteiger partial charge on any atom is -0.303 e. The highest BCUT2D eigenvalue weighted by atomic mass is 16.2. The van der Waals surface area contributed by atoms with Crippen molar-refractivity contribution in [3.8, 4) is 6.07 Å². The normalized spacial score (nSPS) is 18.8. The number of benzene rings is 1. The number of likely N-dealkylation sites (N-methyl/N-ethyl adjacent to an activating group) is 1. The number of nitrogens with one attached hydrogen (secondary N) is 1. The van der Waals surface area contributed by atoms with Gasteiger partial charge in [-0.25, -0.2) is 4.79 Å². The summed E-state index contributed by atoms with van der Waals surface area (Å²) in [5.74, 6) is 0. The van der Waals surface area contributed by atoms with Crippen molar-refractivity contribution in [1.82, 2.24) is 19.4 Å². The second kappa shape index (κ2) is 7.47. The first-order chi connectivity index (χ1) is 12.1. The Morgan fingerprint density at radius 3 is 2.68 bits per heavy atom. The molecule has 0 saturated carbocycles. The number of H-pyrrole nitrogens is 1. The maximum absolute atomic E-state index is 12.0. The molecule has 0 aliphatic carbocycles. The molecule has 2 heterocycles. The van der Waals surface area contributed by atoms with Gasteiger partial charge < -0.3 is 4.90 Å². The van der Waals surface area contributed by atoms with Gasteiger partial charge in [0.15, 0.2) is 0 Å². The number of piperazine rings is 1. The molecule has 0 spiro atoms. The summed E-state index contributed by atoms with van der Waals surface area (Å²) in [6.45, 7) is 3.89. The average molecular weight is 339 g/mol. The minimum absolute atomic E-state index is 0.0439. The van der Waals surface area contributed by atoms with Crippen LogP contribution in [0, 0.1) is 11.3 Å². The molecule has 1 aromatic heterocycles. The van der Waals surface area contributed by atoms with Crippen LogP contribution in [0.1, 0.15) is 17.2 Å². The van der Waals surface area contributed by atoms with E-state index < -0.39 is 11.2 Å². The standard InChI is InChI=1S/C18H21N5O2/c1-21-7-8-22(16(13-21)14-5-3-2-4-6-14)9-10-23-12-15(11-19)17(24)20-18(23)25/h2-6,12,16H,7-10,13H2,1H3,(H,20,24,25)/t16-/m1/s1. The van der Waals surface area contributed by atoms with Crippen LogP contribution < -0.4 is 11.2 Å². The van der Waals surface area contributed by atoms with Gasteiger partial charge in [-0.1, -0.05) is 30.3 Å². The quantitative estimate of drug-likeness (QED) is 0.871. The summed E-state index contributed by atoms with van der Waals surface area (Å²) in [5, 5.41) is 8.97. The lowest BCUT2D eigenvalue weighted by atomic mass is 10.0. The van der Waals surface area contributed by atoms with Crippen LogP contribution in [0.5, 0.6) is 0 Å². The molecule has 2 aromatic rings. The molecule has 1 fully saturated rings. The van der Waals surface area contributed by atoms with Gasteiger partial charge in [0.2, 0.25) is 0 Å². The Morgan fingerprint density at radius 1 is 1.20 bits per heavy atom. The van der Waals surface area contributed by atoms with Crippen molar-refractivity contribution in [2.24, 2.45) is 0 Å². The van der Waals surface area contributed by atoms with Crippen LogP contribution in [0.25, 0.3) is 0 Å². The van der Waals surface area contributed by atoms with E-state index in [1.807, 2.05) is 24.3 Å². The number of aromatic nitrogens is 2. The summed E-state index contributed by atoms with van der Waals surface area (Å²) in [5.41, 5.74) is 0.0954. The van der Waals surface area contributed by atoms with Crippen molar-refractivity contribution in [2.75, 3.05) is 33.2 Å². The number of nitriles is 1.